The lowest BCUT2D eigenvalue weighted by molar-refractivity contribution is -0.197. The summed E-state index contributed by atoms with van der Waals surface area (Å²) in [7, 11) is 0. The van der Waals surface area contributed by atoms with E-state index >= 15 is 0 Å². The summed E-state index contributed by atoms with van der Waals surface area (Å²) < 4.78 is 5.88. The summed E-state index contributed by atoms with van der Waals surface area (Å²) in [6.07, 6.45) is -2.49. The largest absolute Gasteiger partial charge is 0.481 e. The van der Waals surface area contributed by atoms with E-state index in [1.165, 1.54) is 0 Å². The van der Waals surface area contributed by atoms with E-state index in [0.717, 1.165) is 0 Å². The quantitative estimate of drug-likeness (QED) is 0.489. The summed E-state index contributed by atoms with van der Waals surface area (Å²) in [5.74, 6) is -11.0. The van der Waals surface area contributed by atoms with Crippen LogP contribution in [-0.2, 0) is 23.9 Å². The minimum atomic E-state index is -1.52. The predicted octanol–water partition coefficient (Wildman–Crippen LogP) is 2.43. The predicted molar refractivity (Wildman–Crippen MR) is 101 cm³/mol. The summed E-state index contributed by atoms with van der Waals surface area (Å²) in [5.41, 5.74) is -1.36. The Balaban J connectivity index is 3.48. The number of carboxylic acid groups (broad SMARTS) is 4. The summed E-state index contributed by atoms with van der Waals surface area (Å²) in [4.78, 5) is 47.6. The SMILES string of the molecule is CC(C)(C)CC1OC(C(C(=O)O)C(C(=O)O)C(C)(C)C)CC(C(=O)O)C1C(=O)O. The molecule has 0 aliphatic carbocycles. The molecule has 9 nitrogen and oxygen atoms in total. The van der Waals surface area contributed by atoms with E-state index in [2.05, 4.69) is 0 Å². The van der Waals surface area contributed by atoms with Crippen LogP contribution in [0.4, 0.5) is 0 Å². The molecule has 6 unspecified atom stereocenters. The lowest BCUT2D eigenvalue weighted by Gasteiger charge is -2.44. The van der Waals surface area contributed by atoms with Crippen molar-refractivity contribution in [1.82, 2.24) is 0 Å². The Bertz CT molecular complexity index is 656. The van der Waals surface area contributed by atoms with Gasteiger partial charge in [0.15, 0.2) is 0 Å². The second-order valence-corrected chi connectivity index (χ2v) is 10.1. The van der Waals surface area contributed by atoms with Crippen LogP contribution in [0.5, 0.6) is 0 Å². The Morgan fingerprint density at radius 1 is 0.897 bits per heavy atom. The molecule has 1 aliphatic heterocycles. The van der Waals surface area contributed by atoms with E-state index in [4.69, 9.17) is 4.74 Å². The van der Waals surface area contributed by atoms with Crippen molar-refractivity contribution in [3.05, 3.63) is 0 Å². The summed E-state index contributed by atoms with van der Waals surface area (Å²) in [5, 5.41) is 38.8. The molecule has 1 aliphatic rings. The van der Waals surface area contributed by atoms with Crippen molar-refractivity contribution in [2.45, 2.75) is 66.6 Å². The average molecular weight is 416 g/mol. The van der Waals surface area contributed by atoms with Gasteiger partial charge >= 0.3 is 23.9 Å². The molecule has 0 aromatic rings. The Hall–Kier alpha value is -2.16. The van der Waals surface area contributed by atoms with Gasteiger partial charge < -0.3 is 25.2 Å². The molecule has 0 aromatic heterocycles. The number of ether oxygens (including phenoxy) is 1. The first-order chi connectivity index (χ1) is 13.0. The van der Waals surface area contributed by atoms with Gasteiger partial charge in [-0.3, -0.25) is 19.2 Å². The van der Waals surface area contributed by atoms with Crippen molar-refractivity contribution in [3.63, 3.8) is 0 Å². The number of carbonyl (C=O) groups is 4. The number of rotatable bonds is 7. The number of aliphatic carboxylic acids is 4. The van der Waals surface area contributed by atoms with Gasteiger partial charge in [0.25, 0.3) is 0 Å². The molecule has 0 spiro atoms. The summed E-state index contributed by atoms with van der Waals surface area (Å²) in [6, 6.07) is 0. The van der Waals surface area contributed by atoms with Crippen LogP contribution in [0.3, 0.4) is 0 Å². The maximum atomic E-state index is 12.1. The van der Waals surface area contributed by atoms with Crippen molar-refractivity contribution >= 4 is 23.9 Å². The third-order valence-corrected chi connectivity index (χ3v) is 5.33. The monoisotopic (exact) mass is 416 g/mol. The molecule has 6 atom stereocenters. The highest BCUT2D eigenvalue weighted by molar-refractivity contribution is 5.83. The molecule has 9 heteroatoms. The van der Waals surface area contributed by atoms with Gasteiger partial charge in [0.1, 0.15) is 0 Å². The van der Waals surface area contributed by atoms with Gasteiger partial charge in [-0.1, -0.05) is 41.5 Å². The Morgan fingerprint density at radius 3 is 1.72 bits per heavy atom. The molecular weight excluding hydrogens is 384 g/mol. The lowest BCUT2D eigenvalue weighted by Crippen LogP contribution is -2.54. The number of hydrogen-bond donors (Lipinski definition) is 4. The van der Waals surface area contributed by atoms with Crippen molar-refractivity contribution in [2.75, 3.05) is 0 Å². The molecule has 166 valence electrons. The fourth-order valence-electron chi connectivity index (χ4n) is 4.20. The highest BCUT2D eigenvalue weighted by Crippen LogP contribution is 2.43. The smallest absolute Gasteiger partial charge is 0.310 e. The van der Waals surface area contributed by atoms with Crippen molar-refractivity contribution in [1.29, 1.82) is 0 Å². The van der Waals surface area contributed by atoms with Crippen LogP contribution in [0.15, 0.2) is 0 Å². The first-order valence-corrected chi connectivity index (χ1v) is 9.54. The Morgan fingerprint density at radius 2 is 1.41 bits per heavy atom. The van der Waals surface area contributed by atoms with Crippen LogP contribution in [0, 0.1) is 34.5 Å². The fraction of sp³-hybridized carbons (Fsp3) is 0.800. The lowest BCUT2D eigenvalue weighted by atomic mass is 9.67. The minimum absolute atomic E-state index is 0.184. The van der Waals surface area contributed by atoms with Crippen LogP contribution in [0.2, 0.25) is 0 Å². The van der Waals surface area contributed by atoms with Crippen LogP contribution in [0.25, 0.3) is 0 Å². The molecule has 29 heavy (non-hydrogen) atoms. The normalized spacial score (nSPS) is 27.7. The molecular formula is C20H32O9. The zero-order valence-corrected chi connectivity index (χ0v) is 17.7. The van der Waals surface area contributed by atoms with E-state index in [9.17, 15) is 39.6 Å². The van der Waals surface area contributed by atoms with E-state index in [1.54, 1.807) is 20.8 Å². The number of carboxylic acids is 4. The van der Waals surface area contributed by atoms with Crippen LogP contribution in [0.1, 0.15) is 54.4 Å². The van der Waals surface area contributed by atoms with Gasteiger partial charge in [0, 0.05) is 0 Å². The maximum Gasteiger partial charge on any atom is 0.310 e. The Labute approximate surface area is 170 Å². The summed E-state index contributed by atoms with van der Waals surface area (Å²) >= 11 is 0. The zero-order chi connectivity index (χ0) is 22.9. The average Bonchev–Trinajstić information content (AvgIpc) is 2.47. The first-order valence-electron chi connectivity index (χ1n) is 9.54. The van der Waals surface area contributed by atoms with Crippen molar-refractivity contribution in [2.24, 2.45) is 34.5 Å². The van der Waals surface area contributed by atoms with Crippen molar-refractivity contribution in [3.8, 4) is 0 Å². The third kappa shape index (κ3) is 6.16. The second kappa shape index (κ2) is 8.69. The molecule has 1 heterocycles. The minimum Gasteiger partial charge on any atom is -0.481 e. The molecule has 0 amide bonds. The molecule has 0 aromatic carbocycles. The molecule has 1 rings (SSSR count). The topological polar surface area (TPSA) is 158 Å². The Kier molecular flexibility index (Phi) is 7.45. The molecule has 0 radical (unpaired) electrons. The van der Waals surface area contributed by atoms with Crippen LogP contribution < -0.4 is 0 Å². The fourth-order valence-corrected chi connectivity index (χ4v) is 4.20. The van der Waals surface area contributed by atoms with Crippen LogP contribution in [-0.4, -0.2) is 56.5 Å². The second-order valence-electron chi connectivity index (χ2n) is 10.1. The number of hydrogen-bond acceptors (Lipinski definition) is 5. The third-order valence-electron chi connectivity index (χ3n) is 5.33. The van der Waals surface area contributed by atoms with Gasteiger partial charge in [-0.25, -0.2) is 0 Å². The van der Waals surface area contributed by atoms with Crippen LogP contribution >= 0.6 is 0 Å². The van der Waals surface area contributed by atoms with Gasteiger partial charge in [0.2, 0.25) is 0 Å². The molecule has 4 N–H and O–H groups in total. The van der Waals surface area contributed by atoms with E-state index in [-0.39, 0.29) is 12.8 Å². The van der Waals surface area contributed by atoms with E-state index in [0.29, 0.717) is 0 Å². The highest BCUT2D eigenvalue weighted by atomic mass is 16.5. The van der Waals surface area contributed by atoms with E-state index in [1.807, 2.05) is 20.8 Å². The van der Waals surface area contributed by atoms with Gasteiger partial charge in [-0.2, -0.15) is 0 Å². The summed E-state index contributed by atoms with van der Waals surface area (Å²) in [6.45, 7) is 10.3. The van der Waals surface area contributed by atoms with Gasteiger partial charge in [0.05, 0.1) is 35.9 Å². The highest BCUT2D eigenvalue weighted by Gasteiger charge is 2.54. The first kappa shape index (κ1) is 24.9. The standard InChI is InChI=1S/C20H32O9/c1-19(2,3)8-11-12(16(23)24)9(15(21)22)7-10(29-11)13(17(25)26)14(18(27)28)20(4,5)6/h9-14H,7-8H2,1-6H3,(H,21,22)(H,23,24)(H,25,26)(H,27,28). The zero-order valence-electron chi connectivity index (χ0n) is 17.7. The molecule has 0 bridgehead atoms. The van der Waals surface area contributed by atoms with Gasteiger partial charge in [-0.15, -0.1) is 0 Å². The van der Waals surface area contributed by atoms with Crippen molar-refractivity contribution < 1.29 is 44.3 Å². The molecule has 1 saturated heterocycles. The van der Waals surface area contributed by atoms with Gasteiger partial charge in [-0.05, 0) is 23.7 Å². The van der Waals surface area contributed by atoms with E-state index < -0.39 is 70.6 Å². The maximum absolute atomic E-state index is 12.1. The molecule has 1 fully saturated rings. The molecule has 0 saturated carbocycles.